The lowest BCUT2D eigenvalue weighted by Crippen LogP contribution is -2.19. The zero-order chi connectivity index (χ0) is 10.6. The molecule has 3 heteroatoms. The molecule has 0 spiro atoms. The minimum Gasteiger partial charge on any atom is -0.411 e. The second-order valence-corrected chi connectivity index (χ2v) is 3.72. The Morgan fingerprint density at radius 2 is 1.21 bits per heavy atom. The van der Waals surface area contributed by atoms with Crippen molar-refractivity contribution >= 4 is 7.12 Å². The molecule has 14 heavy (non-hydrogen) atoms. The minimum atomic E-state index is -0.0243. The smallest absolute Gasteiger partial charge is 0.411 e. The molecule has 0 aliphatic carbocycles. The fraction of sp³-hybridized carbons (Fsp3) is 1.00. The van der Waals surface area contributed by atoms with Crippen LogP contribution in [-0.2, 0) is 9.31 Å². The summed E-state index contributed by atoms with van der Waals surface area (Å²) in [5, 5.41) is 0. The molecule has 0 aliphatic rings. The summed E-state index contributed by atoms with van der Waals surface area (Å²) in [5.41, 5.74) is 0. The lowest BCUT2D eigenvalue weighted by molar-refractivity contribution is 0.195. The topological polar surface area (TPSA) is 18.5 Å². The van der Waals surface area contributed by atoms with Crippen LogP contribution in [-0.4, -0.2) is 20.3 Å². The fourth-order valence-electron chi connectivity index (χ4n) is 1.25. The van der Waals surface area contributed by atoms with Gasteiger partial charge in [-0.15, -0.1) is 0 Å². The van der Waals surface area contributed by atoms with Gasteiger partial charge in [-0.2, -0.15) is 0 Å². The Bertz CT molecular complexity index is 97.5. The van der Waals surface area contributed by atoms with Crippen molar-refractivity contribution in [2.24, 2.45) is 0 Å². The van der Waals surface area contributed by atoms with Gasteiger partial charge in [-0.3, -0.25) is 0 Å². The average Bonchev–Trinajstić information content (AvgIpc) is 2.19. The molecule has 0 aromatic heterocycles. The van der Waals surface area contributed by atoms with Crippen molar-refractivity contribution in [1.82, 2.24) is 0 Å². The van der Waals surface area contributed by atoms with Gasteiger partial charge in [0.1, 0.15) is 0 Å². The van der Waals surface area contributed by atoms with Gasteiger partial charge in [-0.25, -0.2) is 0 Å². The van der Waals surface area contributed by atoms with Crippen LogP contribution < -0.4 is 0 Å². The molecule has 0 unspecified atom stereocenters. The SMILES string of the molecule is CCCCCOB(C)OCCCCC. The molecule has 0 atom stereocenters. The van der Waals surface area contributed by atoms with Crippen LogP contribution in [0.4, 0.5) is 0 Å². The van der Waals surface area contributed by atoms with E-state index in [1.807, 2.05) is 6.82 Å². The Hall–Kier alpha value is -0.0151. The second kappa shape index (κ2) is 11.1. The Kier molecular flexibility index (Phi) is 11.1. The van der Waals surface area contributed by atoms with Crippen molar-refractivity contribution in [2.75, 3.05) is 13.2 Å². The van der Waals surface area contributed by atoms with E-state index < -0.39 is 0 Å². The molecule has 0 saturated heterocycles. The van der Waals surface area contributed by atoms with Crippen LogP contribution >= 0.6 is 0 Å². The molecule has 0 aliphatic heterocycles. The van der Waals surface area contributed by atoms with E-state index in [9.17, 15) is 0 Å². The van der Waals surface area contributed by atoms with Crippen LogP contribution in [0.15, 0.2) is 0 Å². The van der Waals surface area contributed by atoms with Crippen LogP contribution in [0.3, 0.4) is 0 Å². The van der Waals surface area contributed by atoms with Crippen LogP contribution in [0.1, 0.15) is 52.4 Å². The third kappa shape index (κ3) is 10.1. The largest absolute Gasteiger partial charge is 0.453 e. The van der Waals surface area contributed by atoms with E-state index in [-0.39, 0.29) is 7.12 Å². The maximum atomic E-state index is 5.50. The van der Waals surface area contributed by atoms with E-state index in [1.165, 1.54) is 25.7 Å². The molecule has 0 saturated carbocycles. The molecule has 0 aromatic carbocycles. The molecular formula is C11H25BO2. The van der Waals surface area contributed by atoms with E-state index >= 15 is 0 Å². The van der Waals surface area contributed by atoms with E-state index in [0.717, 1.165) is 26.1 Å². The molecule has 0 bridgehead atoms. The van der Waals surface area contributed by atoms with E-state index in [4.69, 9.17) is 9.31 Å². The third-order valence-corrected chi connectivity index (χ3v) is 2.20. The van der Waals surface area contributed by atoms with Gasteiger partial charge in [-0.1, -0.05) is 39.5 Å². The van der Waals surface area contributed by atoms with E-state index in [1.54, 1.807) is 0 Å². The number of hydrogen-bond donors (Lipinski definition) is 0. The molecule has 84 valence electrons. The predicted molar refractivity (Wildman–Crippen MR) is 62.6 cm³/mol. The molecular weight excluding hydrogens is 175 g/mol. The highest BCUT2D eigenvalue weighted by Crippen LogP contribution is 1.99. The van der Waals surface area contributed by atoms with Crippen molar-refractivity contribution in [1.29, 1.82) is 0 Å². The minimum absolute atomic E-state index is 0.0243. The Morgan fingerprint density at radius 3 is 1.57 bits per heavy atom. The molecule has 0 amide bonds. The zero-order valence-electron chi connectivity index (χ0n) is 10.1. The molecule has 2 nitrogen and oxygen atoms in total. The van der Waals surface area contributed by atoms with Crippen LogP contribution in [0.2, 0.25) is 6.82 Å². The van der Waals surface area contributed by atoms with Crippen molar-refractivity contribution in [3.8, 4) is 0 Å². The number of unbranched alkanes of at least 4 members (excludes halogenated alkanes) is 4. The van der Waals surface area contributed by atoms with Gasteiger partial charge in [0.2, 0.25) is 0 Å². The zero-order valence-corrected chi connectivity index (χ0v) is 10.1. The lowest BCUT2D eigenvalue weighted by atomic mass is 9.95. The van der Waals surface area contributed by atoms with Gasteiger partial charge < -0.3 is 9.31 Å². The van der Waals surface area contributed by atoms with Crippen LogP contribution in [0.25, 0.3) is 0 Å². The number of rotatable bonds is 10. The lowest BCUT2D eigenvalue weighted by Gasteiger charge is -2.10. The summed E-state index contributed by atoms with van der Waals surface area (Å²) in [7, 11) is -0.0243. The van der Waals surface area contributed by atoms with Gasteiger partial charge in [0.15, 0.2) is 0 Å². The van der Waals surface area contributed by atoms with Gasteiger partial charge in [0.05, 0.1) is 0 Å². The van der Waals surface area contributed by atoms with Gasteiger partial charge in [0.25, 0.3) is 0 Å². The monoisotopic (exact) mass is 200 g/mol. The van der Waals surface area contributed by atoms with Crippen LogP contribution in [0.5, 0.6) is 0 Å². The Morgan fingerprint density at radius 1 is 0.786 bits per heavy atom. The molecule has 0 rings (SSSR count). The number of hydrogen-bond acceptors (Lipinski definition) is 2. The molecule has 0 N–H and O–H groups in total. The normalized spacial score (nSPS) is 10.5. The highest BCUT2D eigenvalue weighted by molar-refractivity contribution is 6.42. The molecule has 0 aromatic rings. The van der Waals surface area contributed by atoms with Crippen molar-refractivity contribution in [3.63, 3.8) is 0 Å². The average molecular weight is 200 g/mol. The van der Waals surface area contributed by atoms with Crippen molar-refractivity contribution in [2.45, 2.75) is 59.2 Å². The highest BCUT2D eigenvalue weighted by atomic mass is 16.6. The van der Waals surface area contributed by atoms with Gasteiger partial charge in [0, 0.05) is 13.2 Å². The summed E-state index contributed by atoms with van der Waals surface area (Å²) in [6, 6.07) is 0. The maximum absolute atomic E-state index is 5.50. The molecule has 0 fully saturated rings. The summed E-state index contributed by atoms with van der Waals surface area (Å²) in [6.07, 6.45) is 7.30. The highest BCUT2D eigenvalue weighted by Gasteiger charge is 2.08. The van der Waals surface area contributed by atoms with Gasteiger partial charge >= 0.3 is 7.12 Å². The summed E-state index contributed by atoms with van der Waals surface area (Å²) >= 11 is 0. The predicted octanol–water partition coefficient (Wildman–Crippen LogP) is 3.52. The summed E-state index contributed by atoms with van der Waals surface area (Å²) < 4.78 is 11.0. The van der Waals surface area contributed by atoms with Crippen LogP contribution in [0, 0.1) is 0 Å². The Labute approximate surface area is 89.5 Å². The first-order valence-electron chi connectivity index (χ1n) is 6.04. The first-order chi connectivity index (χ1) is 6.81. The quantitative estimate of drug-likeness (QED) is 0.396. The van der Waals surface area contributed by atoms with E-state index in [2.05, 4.69) is 13.8 Å². The summed E-state index contributed by atoms with van der Waals surface area (Å²) in [6.45, 7) is 8.05. The fourth-order valence-corrected chi connectivity index (χ4v) is 1.25. The summed E-state index contributed by atoms with van der Waals surface area (Å²) in [4.78, 5) is 0. The second-order valence-electron chi connectivity index (χ2n) is 3.72. The standard InChI is InChI=1S/C11H25BO2/c1-4-6-8-10-13-12(3)14-11-9-7-5-2/h4-11H2,1-3H3. The first-order valence-corrected chi connectivity index (χ1v) is 6.04. The maximum Gasteiger partial charge on any atom is 0.453 e. The van der Waals surface area contributed by atoms with Gasteiger partial charge in [-0.05, 0) is 19.7 Å². The van der Waals surface area contributed by atoms with E-state index in [0.29, 0.717) is 0 Å². The van der Waals surface area contributed by atoms with Crippen molar-refractivity contribution in [3.05, 3.63) is 0 Å². The summed E-state index contributed by atoms with van der Waals surface area (Å²) in [5.74, 6) is 0. The molecule has 0 heterocycles. The third-order valence-electron chi connectivity index (χ3n) is 2.20. The Balaban J connectivity index is 3.07. The van der Waals surface area contributed by atoms with Crippen molar-refractivity contribution < 1.29 is 9.31 Å². The first kappa shape index (κ1) is 14.0. The molecule has 0 radical (unpaired) electrons.